The largest absolute Gasteiger partial charge is 0.357 e. The van der Waals surface area contributed by atoms with Gasteiger partial charge in [0, 0.05) is 50.7 Å². The number of nitrogens with one attached hydrogen (secondary N) is 1. The third kappa shape index (κ3) is 4.43. The number of piperazine rings is 1. The molecule has 0 aliphatic carbocycles. The first kappa shape index (κ1) is 17.1. The number of rotatable bonds is 4. The van der Waals surface area contributed by atoms with Crippen LogP contribution in [-0.4, -0.2) is 53.6 Å². The summed E-state index contributed by atoms with van der Waals surface area (Å²) >= 11 is 0. The zero-order valence-corrected chi connectivity index (χ0v) is 14.4. The molecule has 6 nitrogen and oxygen atoms in total. The molecule has 0 radical (unpaired) electrons. The highest BCUT2D eigenvalue weighted by Crippen LogP contribution is 2.11. The van der Waals surface area contributed by atoms with Crippen LogP contribution in [0.15, 0.2) is 47.7 Å². The quantitative estimate of drug-likeness (QED) is 0.679. The van der Waals surface area contributed by atoms with E-state index in [0.29, 0.717) is 12.1 Å². The lowest BCUT2D eigenvalue weighted by Gasteiger charge is -2.36. The molecular formula is C18H23FN6. The van der Waals surface area contributed by atoms with Crippen molar-refractivity contribution in [3.05, 3.63) is 54.1 Å². The first-order valence-electron chi connectivity index (χ1n) is 8.56. The molecule has 0 atom stereocenters. The summed E-state index contributed by atoms with van der Waals surface area (Å²) in [5, 5.41) is 3.30. The summed E-state index contributed by atoms with van der Waals surface area (Å²) in [6.07, 6.45) is 3.52. The fourth-order valence-corrected chi connectivity index (χ4v) is 2.79. The van der Waals surface area contributed by atoms with Crippen molar-refractivity contribution in [2.75, 3.05) is 37.6 Å². The Balaban J connectivity index is 1.64. The molecule has 1 aliphatic heterocycles. The number of halogens is 1. The third-order valence-corrected chi connectivity index (χ3v) is 4.11. The minimum absolute atomic E-state index is 0.215. The van der Waals surface area contributed by atoms with Crippen molar-refractivity contribution in [2.24, 2.45) is 4.99 Å². The van der Waals surface area contributed by atoms with E-state index >= 15 is 0 Å². The lowest BCUT2D eigenvalue weighted by atomic mass is 10.2. The normalized spacial score (nSPS) is 15.4. The Morgan fingerprint density at radius 1 is 1.12 bits per heavy atom. The van der Waals surface area contributed by atoms with Gasteiger partial charge in [-0.15, -0.1) is 0 Å². The molecule has 0 amide bonds. The molecular weight excluding hydrogens is 319 g/mol. The molecule has 2 aromatic rings. The van der Waals surface area contributed by atoms with E-state index in [0.717, 1.165) is 44.6 Å². The van der Waals surface area contributed by atoms with E-state index in [1.165, 1.54) is 6.07 Å². The van der Waals surface area contributed by atoms with Crippen LogP contribution < -0.4 is 10.2 Å². The van der Waals surface area contributed by atoms with Gasteiger partial charge in [0.15, 0.2) is 5.96 Å². The summed E-state index contributed by atoms with van der Waals surface area (Å²) in [7, 11) is 0. The van der Waals surface area contributed by atoms with Crippen molar-refractivity contribution in [1.82, 2.24) is 20.2 Å². The molecule has 0 spiro atoms. The second kappa shape index (κ2) is 8.41. The Kier molecular flexibility index (Phi) is 5.77. The van der Waals surface area contributed by atoms with Gasteiger partial charge in [0.1, 0.15) is 5.82 Å². The van der Waals surface area contributed by atoms with Crippen molar-refractivity contribution in [3.8, 4) is 0 Å². The Hall–Kier alpha value is -2.70. The fourth-order valence-electron chi connectivity index (χ4n) is 2.79. The van der Waals surface area contributed by atoms with Gasteiger partial charge in [-0.25, -0.2) is 19.4 Å². The van der Waals surface area contributed by atoms with Crippen LogP contribution in [0.4, 0.5) is 10.3 Å². The smallest absolute Gasteiger partial charge is 0.225 e. The van der Waals surface area contributed by atoms with Crippen molar-refractivity contribution in [3.63, 3.8) is 0 Å². The van der Waals surface area contributed by atoms with Gasteiger partial charge in [0.2, 0.25) is 5.95 Å². The highest BCUT2D eigenvalue weighted by atomic mass is 19.1. The van der Waals surface area contributed by atoms with Gasteiger partial charge in [0.05, 0.1) is 6.54 Å². The second-order valence-corrected chi connectivity index (χ2v) is 5.78. The molecule has 1 N–H and O–H groups in total. The van der Waals surface area contributed by atoms with E-state index in [-0.39, 0.29) is 5.82 Å². The zero-order valence-electron chi connectivity index (χ0n) is 14.4. The molecule has 1 aromatic carbocycles. The van der Waals surface area contributed by atoms with E-state index in [9.17, 15) is 4.39 Å². The molecule has 0 unspecified atom stereocenters. The Labute approximate surface area is 147 Å². The average molecular weight is 342 g/mol. The number of hydrogen-bond donors (Lipinski definition) is 1. The highest BCUT2D eigenvalue weighted by Gasteiger charge is 2.21. The molecule has 1 saturated heterocycles. The van der Waals surface area contributed by atoms with E-state index in [1.54, 1.807) is 24.5 Å². The van der Waals surface area contributed by atoms with E-state index < -0.39 is 0 Å². The van der Waals surface area contributed by atoms with Crippen molar-refractivity contribution < 1.29 is 4.39 Å². The van der Waals surface area contributed by atoms with E-state index in [1.807, 2.05) is 19.1 Å². The topological polar surface area (TPSA) is 56.7 Å². The number of aliphatic imine (C=N–C) groups is 1. The van der Waals surface area contributed by atoms with Crippen LogP contribution in [-0.2, 0) is 6.54 Å². The number of benzene rings is 1. The van der Waals surface area contributed by atoms with Crippen LogP contribution in [0, 0.1) is 5.82 Å². The average Bonchev–Trinajstić information content (AvgIpc) is 2.67. The Morgan fingerprint density at radius 2 is 1.84 bits per heavy atom. The molecule has 1 aliphatic rings. The predicted molar refractivity (Wildman–Crippen MR) is 97.0 cm³/mol. The maximum atomic E-state index is 13.8. The van der Waals surface area contributed by atoms with Crippen LogP contribution in [0.1, 0.15) is 12.5 Å². The van der Waals surface area contributed by atoms with Gasteiger partial charge < -0.3 is 15.1 Å². The van der Waals surface area contributed by atoms with Gasteiger partial charge in [-0.1, -0.05) is 18.2 Å². The summed E-state index contributed by atoms with van der Waals surface area (Å²) < 4.78 is 13.8. The lowest BCUT2D eigenvalue weighted by Crippen LogP contribution is -2.53. The van der Waals surface area contributed by atoms with E-state index in [2.05, 4.69) is 30.1 Å². The summed E-state index contributed by atoms with van der Waals surface area (Å²) in [6, 6.07) is 8.58. The molecule has 3 rings (SSSR count). The van der Waals surface area contributed by atoms with Crippen molar-refractivity contribution in [2.45, 2.75) is 13.5 Å². The lowest BCUT2D eigenvalue weighted by molar-refractivity contribution is 0.370. The van der Waals surface area contributed by atoms with Crippen LogP contribution in [0.25, 0.3) is 0 Å². The van der Waals surface area contributed by atoms with Gasteiger partial charge in [-0.2, -0.15) is 0 Å². The van der Waals surface area contributed by atoms with Gasteiger partial charge in [0.25, 0.3) is 0 Å². The summed E-state index contributed by atoms with van der Waals surface area (Å²) in [4.78, 5) is 17.6. The predicted octanol–water partition coefficient (Wildman–Crippen LogP) is 1.90. The standard InChI is InChI=1S/C18H23FN6/c1-2-20-17(23-14-15-6-3-4-7-16(15)19)24-10-12-25(13-11-24)18-21-8-5-9-22-18/h3-9H,2,10-14H2,1H3,(H,20,23). The second-order valence-electron chi connectivity index (χ2n) is 5.78. The van der Waals surface area contributed by atoms with Crippen LogP contribution in [0.5, 0.6) is 0 Å². The number of hydrogen-bond acceptors (Lipinski definition) is 4. The summed E-state index contributed by atoms with van der Waals surface area (Å²) in [5.41, 5.74) is 0.606. The Bertz CT molecular complexity index is 698. The van der Waals surface area contributed by atoms with Gasteiger partial charge >= 0.3 is 0 Å². The van der Waals surface area contributed by atoms with Crippen molar-refractivity contribution >= 4 is 11.9 Å². The zero-order chi connectivity index (χ0) is 17.5. The maximum absolute atomic E-state index is 13.8. The molecule has 1 aromatic heterocycles. The summed E-state index contributed by atoms with van der Waals surface area (Å²) in [6.45, 7) is 6.44. The minimum atomic E-state index is -0.215. The molecule has 1 fully saturated rings. The van der Waals surface area contributed by atoms with E-state index in [4.69, 9.17) is 0 Å². The van der Waals surface area contributed by atoms with Crippen LogP contribution in [0.2, 0.25) is 0 Å². The molecule has 7 heteroatoms. The number of anilines is 1. The maximum Gasteiger partial charge on any atom is 0.225 e. The highest BCUT2D eigenvalue weighted by molar-refractivity contribution is 5.80. The van der Waals surface area contributed by atoms with Gasteiger partial charge in [-0.3, -0.25) is 0 Å². The summed E-state index contributed by atoms with van der Waals surface area (Å²) in [5.74, 6) is 1.36. The molecule has 25 heavy (non-hydrogen) atoms. The number of aromatic nitrogens is 2. The Morgan fingerprint density at radius 3 is 2.52 bits per heavy atom. The molecule has 0 saturated carbocycles. The third-order valence-electron chi connectivity index (χ3n) is 4.11. The first-order chi connectivity index (χ1) is 12.3. The molecule has 132 valence electrons. The number of nitrogens with zero attached hydrogens (tertiary/aromatic N) is 5. The van der Waals surface area contributed by atoms with Crippen LogP contribution in [0.3, 0.4) is 0 Å². The molecule has 2 heterocycles. The minimum Gasteiger partial charge on any atom is -0.357 e. The SMILES string of the molecule is CCNC(=NCc1ccccc1F)N1CCN(c2ncccn2)CC1. The number of guanidine groups is 1. The van der Waals surface area contributed by atoms with Crippen molar-refractivity contribution in [1.29, 1.82) is 0 Å². The monoisotopic (exact) mass is 342 g/mol. The van der Waals surface area contributed by atoms with Gasteiger partial charge in [-0.05, 0) is 19.1 Å². The van der Waals surface area contributed by atoms with Crippen LogP contribution >= 0.6 is 0 Å². The fraction of sp³-hybridized carbons (Fsp3) is 0.389. The first-order valence-corrected chi connectivity index (χ1v) is 8.56. The molecule has 0 bridgehead atoms.